The summed E-state index contributed by atoms with van der Waals surface area (Å²) >= 11 is 0. The van der Waals surface area contributed by atoms with Gasteiger partial charge in [-0.3, -0.25) is 0 Å². The van der Waals surface area contributed by atoms with Crippen molar-refractivity contribution >= 4 is 28.8 Å². The molecule has 3 rings (SSSR count). The highest BCUT2D eigenvalue weighted by atomic mass is 19.4. The van der Waals surface area contributed by atoms with Crippen molar-refractivity contribution in [3.63, 3.8) is 0 Å². The number of nitrogens with zero attached hydrogens (tertiary/aromatic N) is 3. The van der Waals surface area contributed by atoms with Gasteiger partial charge in [-0.25, -0.2) is 14.2 Å². The predicted octanol–water partition coefficient (Wildman–Crippen LogP) is 3.88. The second-order valence-electron chi connectivity index (χ2n) is 6.33. The Morgan fingerprint density at radius 2 is 1.81 bits per heavy atom. The number of aliphatic carboxylic acids is 1. The smallest absolute Gasteiger partial charge is 0.490 e. The number of rotatable bonds is 4. The van der Waals surface area contributed by atoms with Crippen LogP contribution in [0.4, 0.5) is 29.3 Å². The minimum absolute atomic E-state index is 0.0835. The maximum absolute atomic E-state index is 14.4. The van der Waals surface area contributed by atoms with E-state index in [9.17, 15) is 17.6 Å². The number of hydrogen-bond donors (Lipinski definition) is 3. The lowest BCUT2D eigenvalue weighted by Crippen LogP contribution is -2.21. The molecule has 0 atom stereocenters. The number of nitrogens with one attached hydrogen (secondary N) is 1. The Balaban J connectivity index is 0.000000423. The highest BCUT2D eigenvalue weighted by Gasteiger charge is 2.38. The Bertz CT molecular complexity index is 1090. The van der Waals surface area contributed by atoms with Crippen molar-refractivity contribution in [1.82, 2.24) is 15.0 Å². The summed E-state index contributed by atoms with van der Waals surface area (Å²) in [5.41, 5.74) is 6.83. The first-order valence-corrected chi connectivity index (χ1v) is 8.81. The lowest BCUT2D eigenvalue weighted by atomic mass is 10.1. The van der Waals surface area contributed by atoms with Crippen LogP contribution in [0.15, 0.2) is 30.3 Å². The summed E-state index contributed by atoms with van der Waals surface area (Å²) in [4.78, 5) is 21.6. The molecule has 0 saturated heterocycles. The third-order valence-corrected chi connectivity index (χ3v) is 3.65. The largest absolute Gasteiger partial charge is 0.490 e. The van der Waals surface area contributed by atoms with Gasteiger partial charge in [0.2, 0.25) is 5.95 Å². The van der Waals surface area contributed by atoms with E-state index in [1.807, 2.05) is 13.8 Å². The van der Waals surface area contributed by atoms with Crippen molar-refractivity contribution in [3.05, 3.63) is 36.1 Å². The number of nitrogens with two attached hydrogens (primary N) is 1. The highest BCUT2D eigenvalue weighted by molar-refractivity contribution is 5.89. The molecule has 31 heavy (non-hydrogen) atoms. The summed E-state index contributed by atoms with van der Waals surface area (Å²) in [6.07, 6.45) is -5.17. The number of nitrogen functional groups attached to an aromatic ring is 1. The fourth-order valence-electron chi connectivity index (χ4n) is 2.46. The zero-order valence-corrected chi connectivity index (χ0v) is 16.7. The normalized spacial score (nSPS) is 11.1. The first-order valence-electron chi connectivity index (χ1n) is 8.81. The molecule has 1 aromatic carbocycles. The molecular weight excluding hydrogens is 422 g/mol. The summed E-state index contributed by atoms with van der Waals surface area (Å²) < 4.78 is 51.9. The number of fused-ring (bicyclic) bond motifs is 1. The topological polar surface area (TPSA) is 123 Å². The SMILES string of the molecule is CNc1nc(N)nc2nc(-c3c(F)cccc3OC(C)C)ccc12.O=C(O)C(F)(F)F. The van der Waals surface area contributed by atoms with Gasteiger partial charge in [0, 0.05) is 7.05 Å². The Hall–Kier alpha value is -3.70. The molecule has 0 aliphatic heterocycles. The molecule has 166 valence electrons. The van der Waals surface area contributed by atoms with Crippen LogP contribution in [0.2, 0.25) is 0 Å². The quantitative estimate of drug-likeness (QED) is 0.522. The van der Waals surface area contributed by atoms with E-state index >= 15 is 0 Å². The highest BCUT2D eigenvalue weighted by Crippen LogP contribution is 2.33. The molecule has 0 aliphatic rings. The molecule has 0 saturated carbocycles. The van der Waals surface area contributed by atoms with Crippen molar-refractivity contribution in [2.24, 2.45) is 0 Å². The van der Waals surface area contributed by atoms with Gasteiger partial charge in [0.1, 0.15) is 17.4 Å². The molecule has 2 heterocycles. The Labute approximate surface area is 174 Å². The number of carbonyl (C=O) groups is 1. The van der Waals surface area contributed by atoms with Crippen molar-refractivity contribution in [2.45, 2.75) is 26.1 Å². The van der Waals surface area contributed by atoms with E-state index < -0.39 is 18.0 Å². The van der Waals surface area contributed by atoms with E-state index in [2.05, 4.69) is 20.3 Å². The molecule has 0 aliphatic carbocycles. The third-order valence-electron chi connectivity index (χ3n) is 3.65. The Kier molecular flexibility index (Phi) is 7.16. The first-order chi connectivity index (χ1) is 14.4. The third kappa shape index (κ3) is 5.90. The standard InChI is InChI=1S/C17H18FN5O.C2HF3O2/c1-9(2)24-13-6-4-5-11(18)14(13)12-8-7-10-15(20-3)22-17(19)23-16(10)21-12;3-2(4,5)1(6)7/h4-9H,1-3H3,(H3,19,20,21,22,23);(H,6,7). The van der Waals surface area contributed by atoms with Crippen LogP contribution in [0.5, 0.6) is 5.75 Å². The van der Waals surface area contributed by atoms with Crippen LogP contribution < -0.4 is 15.8 Å². The average molecular weight is 441 g/mol. The second kappa shape index (κ2) is 9.41. The number of ether oxygens (including phenoxy) is 1. The molecule has 3 aromatic rings. The van der Waals surface area contributed by atoms with Gasteiger partial charge in [-0.2, -0.15) is 23.1 Å². The summed E-state index contributed by atoms with van der Waals surface area (Å²) in [7, 11) is 1.74. The van der Waals surface area contributed by atoms with E-state index in [0.717, 1.165) is 0 Å². The van der Waals surface area contributed by atoms with Crippen LogP contribution in [0.25, 0.3) is 22.3 Å². The van der Waals surface area contributed by atoms with Gasteiger partial charge < -0.3 is 20.9 Å². The zero-order chi connectivity index (χ0) is 23.3. The van der Waals surface area contributed by atoms with Crippen molar-refractivity contribution in [2.75, 3.05) is 18.1 Å². The molecule has 12 heteroatoms. The van der Waals surface area contributed by atoms with E-state index in [4.69, 9.17) is 20.4 Å². The van der Waals surface area contributed by atoms with Crippen LogP contribution >= 0.6 is 0 Å². The predicted molar refractivity (Wildman–Crippen MR) is 106 cm³/mol. The van der Waals surface area contributed by atoms with Crippen LogP contribution in [0, 0.1) is 5.82 Å². The van der Waals surface area contributed by atoms with E-state index in [-0.39, 0.29) is 12.1 Å². The minimum atomic E-state index is -5.08. The van der Waals surface area contributed by atoms with E-state index in [1.165, 1.54) is 6.07 Å². The van der Waals surface area contributed by atoms with Crippen LogP contribution in [0.3, 0.4) is 0 Å². The first kappa shape index (κ1) is 23.6. The molecular formula is C19H19F4N5O3. The van der Waals surface area contributed by atoms with Crippen molar-refractivity contribution in [3.8, 4) is 17.0 Å². The van der Waals surface area contributed by atoms with Gasteiger partial charge in [0.25, 0.3) is 0 Å². The van der Waals surface area contributed by atoms with Gasteiger partial charge in [0.05, 0.1) is 22.7 Å². The Morgan fingerprint density at radius 1 is 1.16 bits per heavy atom. The molecule has 0 amide bonds. The molecule has 2 aromatic heterocycles. The van der Waals surface area contributed by atoms with Crippen molar-refractivity contribution in [1.29, 1.82) is 0 Å². The fraction of sp³-hybridized carbons (Fsp3) is 0.263. The van der Waals surface area contributed by atoms with Crippen LogP contribution in [-0.2, 0) is 4.79 Å². The number of anilines is 2. The molecule has 0 bridgehead atoms. The average Bonchev–Trinajstić information content (AvgIpc) is 2.66. The molecule has 0 spiro atoms. The van der Waals surface area contributed by atoms with Gasteiger partial charge in [-0.1, -0.05) is 6.07 Å². The van der Waals surface area contributed by atoms with Crippen molar-refractivity contribution < 1.29 is 32.2 Å². The fourth-order valence-corrected chi connectivity index (χ4v) is 2.46. The zero-order valence-electron chi connectivity index (χ0n) is 16.7. The molecule has 0 fully saturated rings. The molecule has 0 radical (unpaired) electrons. The minimum Gasteiger partial charge on any atom is -0.490 e. The summed E-state index contributed by atoms with van der Waals surface area (Å²) in [5, 5.41) is 10.8. The molecule has 4 N–H and O–H groups in total. The monoisotopic (exact) mass is 441 g/mol. The number of halogens is 4. The number of alkyl halides is 3. The van der Waals surface area contributed by atoms with Crippen LogP contribution in [0.1, 0.15) is 13.8 Å². The number of benzene rings is 1. The molecule has 0 unspecified atom stereocenters. The van der Waals surface area contributed by atoms with E-state index in [1.54, 1.807) is 31.3 Å². The maximum Gasteiger partial charge on any atom is 0.490 e. The number of carboxylic acid groups (broad SMARTS) is 1. The summed E-state index contributed by atoms with van der Waals surface area (Å²) in [5.74, 6) is -2.05. The number of aromatic nitrogens is 3. The van der Waals surface area contributed by atoms with Gasteiger partial charge in [-0.15, -0.1) is 0 Å². The number of hydrogen-bond acceptors (Lipinski definition) is 7. The van der Waals surface area contributed by atoms with Crippen LogP contribution in [-0.4, -0.2) is 45.4 Å². The van der Waals surface area contributed by atoms with Gasteiger partial charge in [-0.05, 0) is 38.1 Å². The van der Waals surface area contributed by atoms with E-state index in [0.29, 0.717) is 33.9 Å². The Morgan fingerprint density at radius 3 is 2.35 bits per heavy atom. The summed E-state index contributed by atoms with van der Waals surface area (Å²) in [6, 6.07) is 8.21. The van der Waals surface area contributed by atoms with Gasteiger partial charge >= 0.3 is 12.1 Å². The second-order valence-corrected chi connectivity index (χ2v) is 6.33. The van der Waals surface area contributed by atoms with Gasteiger partial charge in [0.15, 0.2) is 5.65 Å². The maximum atomic E-state index is 14.4. The number of carboxylic acids is 1. The lowest BCUT2D eigenvalue weighted by Gasteiger charge is -2.15. The number of pyridine rings is 1. The molecule has 8 nitrogen and oxygen atoms in total. The lowest BCUT2D eigenvalue weighted by molar-refractivity contribution is -0.192. The summed E-state index contributed by atoms with van der Waals surface area (Å²) in [6.45, 7) is 3.77.